The van der Waals surface area contributed by atoms with Crippen LogP contribution in [0.3, 0.4) is 0 Å². The fourth-order valence-electron chi connectivity index (χ4n) is 4.21. The summed E-state index contributed by atoms with van der Waals surface area (Å²) in [5, 5.41) is 19.3. The van der Waals surface area contributed by atoms with Crippen LogP contribution < -0.4 is 4.90 Å². The van der Waals surface area contributed by atoms with Crippen molar-refractivity contribution in [1.82, 2.24) is 0 Å². The Kier molecular flexibility index (Phi) is 7.83. The topological polar surface area (TPSA) is 87.1 Å². The summed E-state index contributed by atoms with van der Waals surface area (Å²) in [6.07, 6.45) is 10.9. The molecule has 6 heteroatoms. The zero-order valence-corrected chi connectivity index (χ0v) is 16.8. The van der Waals surface area contributed by atoms with Crippen LogP contribution in [-0.4, -0.2) is 34.9 Å². The van der Waals surface area contributed by atoms with Gasteiger partial charge in [0.15, 0.2) is 0 Å². The first-order chi connectivity index (χ1) is 14.1. The van der Waals surface area contributed by atoms with Gasteiger partial charge in [-0.1, -0.05) is 43.5 Å². The molecule has 2 atom stereocenters. The van der Waals surface area contributed by atoms with Gasteiger partial charge in [0.2, 0.25) is 0 Å². The molecule has 1 aliphatic heterocycles. The first-order valence-corrected chi connectivity index (χ1v) is 10.6. The number of carbonyl (C=O) groups is 2. The molecule has 2 aliphatic rings. The van der Waals surface area contributed by atoms with Crippen molar-refractivity contribution in [3.8, 4) is 0 Å². The van der Waals surface area contributed by atoms with Gasteiger partial charge < -0.3 is 14.9 Å². The lowest BCUT2D eigenvalue weighted by molar-refractivity contribution is -0.137. The lowest BCUT2D eigenvalue weighted by Gasteiger charge is -2.27. The Hall–Kier alpha value is -2.18. The number of carboxylic acid groups (broad SMARTS) is 1. The lowest BCUT2D eigenvalue weighted by Crippen LogP contribution is -2.33. The van der Waals surface area contributed by atoms with E-state index in [0.717, 1.165) is 24.1 Å². The summed E-state index contributed by atoms with van der Waals surface area (Å²) in [4.78, 5) is 24.5. The Bertz CT molecular complexity index is 708. The normalized spacial score (nSPS) is 21.8. The number of carbonyl (C=O) groups excluding carboxylic acids is 1. The van der Waals surface area contributed by atoms with Crippen molar-refractivity contribution in [2.75, 3.05) is 11.5 Å². The van der Waals surface area contributed by atoms with Crippen LogP contribution in [-0.2, 0) is 14.3 Å². The van der Waals surface area contributed by atoms with Gasteiger partial charge in [-0.05, 0) is 49.3 Å². The number of benzene rings is 1. The minimum Gasteiger partial charge on any atom is -0.481 e. The standard InChI is InChI=1S/C23H31NO5/c25-20-16-29-21(10-6-1-2-7-11-22(26)27)24(20)19-14-12-18(13-15-19)23(28)17-8-4-3-5-9-17/h1,6,12-15,17,21,23,28H,2-5,7-11,16H2,(H,26,27)/b6-1+. The maximum atomic E-state index is 12.3. The molecule has 2 N–H and O–H groups in total. The molecule has 1 saturated heterocycles. The molecule has 1 aliphatic carbocycles. The summed E-state index contributed by atoms with van der Waals surface area (Å²) < 4.78 is 5.63. The van der Waals surface area contributed by atoms with E-state index in [-0.39, 0.29) is 25.2 Å². The van der Waals surface area contributed by atoms with E-state index in [9.17, 15) is 14.7 Å². The first kappa shape index (κ1) is 21.5. The molecule has 1 aromatic rings. The van der Waals surface area contributed by atoms with Crippen LogP contribution in [0.5, 0.6) is 0 Å². The molecule has 3 rings (SSSR count). The number of aliphatic hydroxyl groups excluding tert-OH is 1. The van der Waals surface area contributed by atoms with Gasteiger partial charge in [0.25, 0.3) is 5.91 Å². The van der Waals surface area contributed by atoms with E-state index in [1.807, 2.05) is 36.4 Å². The highest BCUT2D eigenvalue weighted by molar-refractivity contribution is 5.96. The molecule has 1 aromatic carbocycles. The molecule has 2 unspecified atom stereocenters. The summed E-state index contributed by atoms with van der Waals surface area (Å²) in [5.41, 5.74) is 1.68. The van der Waals surface area contributed by atoms with Crippen LogP contribution in [0.15, 0.2) is 36.4 Å². The van der Waals surface area contributed by atoms with Gasteiger partial charge in [0.05, 0.1) is 6.10 Å². The Balaban J connectivity index is 1.57. The third-order valence-corrected chi connectivity index (χ3v) is 5.83. The molecule has 158 valence electrons. The molecule has 29 heavy (non-hydrogen) atoms. The second-order valence-electron chi connectivity index (χ2n) is 7.96. The maximum absolute atomic E-state index is 12.3. The third-order valence-electron chi connectivity index (χ3n) is 5.83. The van der Waals surface area contributed by atoms with Crippen LogP contribution >= 0.6 is 0 Å². The molecule has 0 spiro atoms. The molecule has 2 fully saturated rings. The highest BCUT2D eigenvalue weighted by Gasteiger charge is 2.32. The molecule has 1 saturated carbocycles. The summed E-state index contributed by atoms with van der Waals surface area (Å²) in [5.74, 6) is -0.536. The predicted octanol–water partition coefficient (Wildman–Crippen LogP) is 4.19. The van der Waals surface area contributed by atoms with E-state index in [4.69, 9.17) is 9.84 Å². The number of nitrogens with zero attached hydrogens (tertiary/aromatic N) is 1. The molecular weight excluding hydrogens is 370 g/mol. The van der Waals surface area contributed by atoms with Crippen molar-refractivity contribution in [3.05, 3.63) is 42.0 Å². The van der Waals surface area contributed by atoms with E-state index in [2.05, 4.69) is 0 Å². The van der Waals surface area contributed by atoms with Gasteiger partial charge in [-0.15, -0.1) is 0 Å². The Morgan fingerprint density at radius 1 is 1.17 bits per heavy atom. The zero-order chi connectivity index (χ0) is 20.6. The van der Waals surface area contributed by atoms with Gasteiger partial charge in [0.1, 0.15) is 12.8 Å². The SMILES string of the molecule is O=C(O)CCC/C=C/CC1OCC(=O)N1c1ccc(C(O)C2CCCCC2)cc1. The zero-order valence-electron chi connectivity index (χ0n) is 16.8. The fourth-order valence-corrected chi connectivity index (χ4v) is 4.21. The number of hydrogen-bond acceptors (Lipinski definition) is 4. The van der Waals surface area contributed by atoms with E-state index in [1.54, 1.807) is 4.90 Å². The molecule has 1 amide bonds. The number of anilines is 1. The van der Waals surface area contributed by atoms with Crippen LogP contribution in [0.25, 0.3) is 0 Å². The van der Waals surface area contributed by atoms with Crippen LogP contribution in [0.1, 0.15) is 69.5 Å². The number of ether oxygens (including phenoxy) is 1. The van der Waals surface area contributed by atoms with E-state index >= 15 is 0 Å². The van der Waals surface area contributed by atoms with Crippen molar-refractivity contribution in [2.24, 2.45) is 5.92 Å². The minimum atomic E-state index is -0.786. The highest BCUT2D eigenvalue weighted by Crippen LogP contribution is 2.35. The Morgan fingerprint density at radius 3 is 2.59 bits per heavy atom. The second kappa shape index (κ2) is 10.6. The number of rotatable bonds is 9. The van der Waals surface area contributed by atoms with Gasteiger partial charge in [0, 0.05) is 18.5 Å². The molecule has 0 radical (unpaired) electrons. The average molecular weight is 402 g/mol. The minimum absolute atomic E-state index is 0.0595. The Morgan fingerprint density at radius 2 is 1.90 bits per heavy atom. The quantitative estimate of drug-likeness (QED) is 0.479. The van der Waals surface area contributed by atoms with E-state index in [0.29, 0.717) is 25.2 Å². The fraction of sp³-hybridized carbons (Fsp3) is 0.565. The number of aliphatic carboxylic acids is 1. The van der Waals surface area contributed by atoms with Crippen molar-refractivity contribution in [3.63, 3.8) is 0 Å². The Labute approximate surface area is 172 Å². The van der Waals surface area contributed by atoms with Crippen molar-refractivity contribution < 1.29 is 24.5 Å². The summed E-state index contributed by atoms with van der Waals surface area (Å²) in [6, 6.07) is 7.60. The molecule has 6 nitrogen and oxygen atoms in total. The highest BCUT2D eigenvalue weighted by atomic mass is 16.5. The van der Waals surface area contributed by atoms with Gasteiger partial charge in [-0.25, -0.2) is 0 Å². The summed E-state index contributed by atoms with van der Waals surface area (Å²) in [6.45, 7) is 0.0595. The third kappa shape index (κ3) is 5.90. The number of unbranched alkanes of at least 4 members (excludes halogenated alkanes) is 1. The maximum Gasteiger partial charge on any atom is 0.303 e. The smallest absolute Gasteiger partial charge is 0.303 e. The van der Waals surface area contributed by atoms with Gasteiger partial charge in [-0.3, -0.25) is 14.5 Å². The number of amides is 1. The van der Waals surface area contributed by atoms with E-state index in [1.165, 1.54) is 19.3 Å². The summed E-state index contributed by atoms with van der Waals surface area (Å²) in [7, 11) is 0. The van der Waals surface area contributed by atoms with Crippen LogP contribution in [0.2, 0.25) is 0 Å². The number of carboxylic acids is 1. The molecule has 0 aromatic heterocycles. The largest absolute Gasteiger partial charge is 0.481 e. The first-order valence-electron chi connectivity index (χ1n) is 10.6. The summed E-state index contributed by atoms with van der Waals surface area (Å²) >= 11 is 0. The molecule has 0 bridgehead atoms. The van der Waals surface area contributed by atoms with Crippen molar-refractivity contribution in [2.45, 2.75) is 70.1 Å². The molecular formula is C23H31NO5. The molecule has 1 heterocycles. The monoisotopic (exact) mass is 401 g/mol. The van der Waals surface area contributed by atoms with Gasteiger partial charge >= 0.3 is 5.97 Å². The van der Waals surface area contributed by atoms with Gasteiger partial charge in [-0.2, -0.15) is 0 Å². The number of aliphatic hydroxyl groups is 1. The van der Waals surface area contributed by atoms with Crippen LogP contribution in [0, 0.1) is 5.92 Å². The second-order valence-corrected chi connectivity index (χ2v) is 7.96. The van der Waals surface area contributed by atoms with E-state index < -0.39 is 12.1 Å². The number of allylic oxidation sites excluding steroid dienone is 1. The van der Waals surface area contributed by atoms with Crippen molar-refractivity contribution >= 4 is 17.6 Å². The number of hydrogen-bond donors (Lipinski definition) is 2. The van der Waals surface area contributed by atoms with Crippen molar-refractivity contribution in [1.29, 1.82) is 0 Å². The van der Waals surface area contributed by atoms with Crippen LogP contribution in [0.4, 0.5) is 5.69 Å². The lowest BCUT2D eigenvalue weighted by atomic mass is 9.83. The average Bonchev–Trinajstić information content (AvgIpc) is 3.11. The predicted molar refractivity (Wildman–Crippen MR) is 110 cm³/mol.